The van der Waals surface area contributed by atoms with Crippen LogP contribution in [0.15, 0.2) is 18.2 Å². The zero-order chi connectivity index (χ0) is 12.3. The first-order valence-electron chi connectivity index (χ1n) is 4.82. The third kappa shape index (κ3) is 3.43. The molecule has 0 radical (unpaired) electrons. The minimum atomic E-state index is -1.01. The van der Waals surface area contributed by atoms with Crippen LogP contribution in [-0.2, 0) is 0 Å². The fraction of sp³-hybridized carbons (Fsp3) is 0.364. The highest BCUT2D eigenvalue weighted by Crippen LogP contribution is 2.22. The highest BCUT2D eigenvalue weighted by atomic mass is 16.3. The van der Waals surface area contributed by atoms with Crippen molar-refractivity contribution in [2.45, 2.75) is 19.4 Å². The molecule has 1 aromatic carbocycles. The number of rotatable bonds is 3. The van der Waals surface area contributed by atoms with Gasteiger partial charge in [-0.05, 0) is 26.0 Å². The van der Waals surface area contributed by atoms with Gasteiger partial charge in [0.25, 0.3) is 5.91 Å². The predicted molar refractivity (Wildman–Crippen MR) is 58.4 cm³/mol. The maximum atomic E-state index is 11.6. The maximum Gasteiger partial charge on any atom is 0.255 e. The van der Waals surface area contributed by atoms with Crippen molar-refractivity contribution in [1.82, 2.24) is 5.32 Å². The highest BCUT2D eigenvalue weighted by molar-refractivity contribution is 5.97. The summed E-state index contributed by atoms with van der Waals surface area (Å²) in [7, 11) is 0. The van der Waals surface area contributed by atoms with Crippen LogP contribution in [0.1, 0.15) is 24.2 Å². The highest BCUT2D eigenvalue weighted by Gasteiger charge is 2.16. The van der Waals surface area contributed by atoms with E-state index in [1.807, 2.05) is 0 Å². The Morgan fingerprint density at radius 2 is 2.00 bits per heavy atom. The van der Waals surface area contributed by atoms with Crippen molar-refractivity contribution in [3.63, 3.8) is 0 Å². The molecule has 0 saturated heterocycles. The largest absolute Gasteiger partial charge is 0.508 e. The molecule has 5 heteroatoms. The average Bonchev–Trinajstić information content (AvgIpc) is 2.13. The number of phenolic OH excluding ortho intramolecular Hbond substituents is 2. The number of hydrogen-bond donors (Lipinski definition) is 4. The molecular weight excluding hydrogens is 210 g/mol. The molecule has 0 atom stereocenters. The van der Waals surface area contributed by atoms with Gasteiger partial charge in [0.2, 0.25) is 0 Å². The van der Waals surface area contributed by atoms with Crippen molar-refractivity contribution in [2.75, 3.05) is 6.54 Å². The van der Waals surface area contributed by atoms with Crippen LogP contribution in [0.4, 0.5) is 0 Å². The number of aliphatic hydroxyl groups is 1. The third-order valence-electron chi connectivity index (χ3n) is 1.91. The molecule has 0 spiro atoms. The Morgan fingerprint density at radius 3 is 2.50 bits per heavy atom. The molecule has 0 saturated carbocycles. The number of nitrogens with one attached hydrogen (secondary N) is 1. The minimum Gasteiger partial charge on any atom is -0.508 e. The first-order valence-corrected chi connectivity index (χ1v) is 4.82. The zero-order valence-corrected chi connectivity index (χ0v) is 9.19. The van der Waals surface area contributed by atoms with Crippen LogP contribution in [0.3, 0.4) is 0 Å². The van der Waals surface area contributed by atoms with Crippen molar-refractivity contribution in [3.8, 4) is 11.5 Å². The molecule has 0 aliphatic rings. The average molecular weight is 225 g/mol. The van der Waals surface area contributed by atoms with Crippen LogP contribution in [0.2, 0.25) is 0 Å². The molecule has 0 fully saturated rings. The molecule has 0 unspecified atom stereocenters. The van der Waals surface area contributed by atoms with Gasteiger partial charge >= 0.3 is 0 Å². The van der Waals surface area contributed by atoms with Gasteiger partial charge in [0.15, 0.2) is 0 Å². The second-order valence-corrected chi connectivity index (χ2v) is 4.20. The number of benzene rings is 1. The van der Waals surface area contributed by atoms with E-state index in [1.165, 1.54) is 12.1 Å². The Morgan fingerprint density at radius 1 is 1.38 bits per heavy atom. The van der Waals surface area contributed by atoms with Gasteiger partial charge in [0, 0.05) is 12.6 Å². The fourth-order valence-electron chi connectivity index (χ4n) is 1.10. The van der Waals surface area contributed by atoms with E-state index >= 15 is 0 Å². The Labute approximate surface area is 93.4 Å². The van der Waals surface area contributed by atoms with E-state index < -0.39 is 11.5 Å². The standard InChI is InChI=1S/C11H15NO4/c1-11(2,16)6-12-10(15)8-4-3-7(13)5-9(8)14/h3-5,13-14,16H,6H2,1-2H3,(H,12,15). The smallest absolute Gasteiger partial charge is 0.255 e. The van der Waals surface area contributed by atoms with E-state index in [2.05, 4.69) is 5.32 Å². The molecule has 0 aliphatic heterocycles. The van der Waals surface area contributed by atoms with E-state index in [4.69, 9.17) is 5.11 Å². The zero-order valence-electron chi connectivity index (χ0n) is 9.19. The van der Waals surface area contributed by atoms with E-state index in [9.17, 15) is 15.0 Å². The molecular formula is C11H15NO4. The summed E-state index contributed by atoms with van der Waals surface area (Å²) in [6.07, 6.45) is 0. The first-order chi connectivity index (χ1) is 7.29. The van der Waals surface area contributed by atoms with Crippen molar-refractivity contribution < 1.29 is 20.1 Å². The quantitative estimate of drug-likeness (QED) is 0.606. The molecule has 88 valence electrons. The lowest BCUT2D eigenvalue weighted by Crippen LogP contribution is -2.38. The lowest BCUT2D eigenvalue weighted by molar-refractivity contribution is 0.0693. The molecule has 1 amide bonds. The van der Waals surface area contributed by atoms with E-state index in [0.717, 1.165) is 6.07 Å². The predicted octanol–water partition coefficient (Wildman–Crippen LogP) is 0.599. The van der Waals surface area contributed by atoms with Gasteiger partial charge in [-0.15, -0.1) is 0 Å². The van der Waals surface area contributed by atoms with Crippen LogP contribution < -0.4 is 5.32 Å². The summed E-state index contributed by atoms with van der Waals surface area (Å²) >= 11 is 0. The molecule has 16 heavy (non-hydrogen) atoms. The molecule has 5 nitrogen and oxygen atoms in total. The van der Waals surface area contributed by atoms with Crippen molar-refractivity contribution >= 4 is 5.91 Å². The van der Waals surface area contributed by atoms with Crippen molar-refractivity contribution in [3.05, 3.63) is 23.8 Å². The minimum absolute atomic E-state index is 0.0575. The molecule has 1 aromatic rings. The van der Waals surface area contributed by atoms with Gasteiger partial charge < -0.3 is 20.6 Å². The van der Waals surface area contributed by atoms with Gasteiger partial charge in [-0.1, -0.05) is 0 Å². The number of amides is 1. The van der Waals surface area contributed by atoms with E-state index in [-0.39, 0.29) is 23.6 Å². The SMILES string of the molecule is CC(C)(O)CNC(=O)c1ccc(O)cc1O. The number of hydrogen-bond acceptors (Lipinski definition) is 4. The van der Waals surface area contributed by atoms with Crippen molar-refractivity contribution in [1.29, 1.82) is 0 Å². The summed E-state index contributed by atoms with van der Waals surface area (Å²) in [5.74, 6) is -0.913. The van der Waals surface area contributed by atoms with Gasteiger partial charge in [0.1, 0.15) is 11.5 Å². The number of phenols is 2. The molecule has 0 bridgehead atoms. The lowest BCUT2D eigenvalue weighted by atomic mass is 10.1. The van der Waals surface area contributed by atoms with Crippen LogP contribution >= 0.6 is 0 Å². The van der Waals surface area contributed by atoms with E-state index in [1.54, 1.807) is 13.8 Å². The summed E-state index contributed by atoms with van der Waals surface area (Å²) in [5, 5.41) is 30.3. The summed E-state index contributed by atoms with van der Waals surface area (Å²) in [6.45, 7) is 3.19. The normalized spacial score (nSPS) is 11.2. The molecule has 0 heterocycles. The number of aromatic hydroxyl groups is 2. The first kappa shape index (κ1) is 12.3. The molecule has 4 N–H and O–H groups in total. The summed E-state index contributed by atoms with van der Waals surface area (Å²) in [5.41, 5.74) is -0.954. The van der Waals surface area contributed by atoms with Gasteiger partial charge in [-0.3, -0.25) is 4.79 Å². The second kappa shape index (κ2) is 4.40. The van der Waals surface area contributed by atoms with E-state index in [0.29, 0.717) is 0 Å². The maximum absolute atomic E-state index is 11.6. The van der Waals surface area contributed by atoms with Crippen molar-refractivity contribution in [2.24, 2.45) is 0 Å². The summed E-state index contributed by atoms with van der Waals surface area (Å²) in [4.78, 5) is 11.6. The number of carbonyl (C=O) groups excluding carboxylic acids is 1. The fourth-order valence-corrected chi connectivity index (χ4v) is 1.10. The van der Waals surface area contributed by atoms with Crippen LogP contribution in [0, 0.1) is 0 Å². The Hall–Kier alpha value is -1.75. The second-order valence-electron chi connectivity index (χ2n) is 4.20. The van der Waals surface area contributed by atoms with Crippen LogP contribution in [0.5, 0.6) is 11.5 Å². The monoisotopic (exact) mass is 225 g/mol. The molecule has 0 aromatic heterocycles. The Kier molecular flexibility index (Phi) is 3.39. The molecule has 1 rings (SSSR count). The lowest BCUT2D eigenvalue weighted by Gasteiger charge is -2.17. The van der Waals surface area contributed by atoms with Gasteiger partial charge in [0.05, 0.1) is 11.2 Å². The molecule has 0 aliphatic carbocycles. The van der Waals surface area contributed by atoms with Gasteiger partial charge in [-0.2, -0.15) is 0 Å². The Bertz CT molecular complexity index is 395. The van der Waals surface area contributed by atoms with Gasteiger partial charge in [-0.25, -0.2) is 0 Å². The Balaban J connectivity index is 2.74. The van der Waals surface area contributed by atoms with Crippen LogP contribution in [-0.4, -0.2) is 33.4 Å². The summed E-state index contributed by atoms with van der Waals surface area (Å²) in [6, 6.07) is 3.70. The van der Waals surface area contributed by atoms with Crippen LogP contribution in [0.25, 0.3) is 0 Å². The third-order valence-corrected chi connectivity index (χ3v) is 1.91. The summed E-state index contributed by atoms with van der Waals surface area (Å²) < 4.78 is 0. The topological polar surface area (TPSA) is 89.8 Å². The number of carbonyl (C=O) groups is 1.